The third-order valence-electron chi connectivity index (χ3n) is 3.81. The average molecular weight is 340 g/mol. The number of halogens is 2. The van der Waals surface area contributed by atoms with Gasteiger partial charge in [0.2, 0.25) is 0 Å². The molecule has 0 spiro atoms. The second-order valence-corrected chi connectivity index (χ2v) is 7.30. The highest BCUT2D eigenvalue weighted by Gasteiger charge is 2.33. The predicted octanol–water partition coefficient (Wildman–Crippen LogP) is 5.05. The maximum absolute atomic E-state index is 14.2. The molecule has 1 aromatic carbocycles. The smallest absolute Gasteiger partial charge is 0.180 e. The molecule has 0 saturated heterocycles. The van der Waals surface area contributed by atoms with Gasteiger partial charge < -0.3 is 4.74 Å². The van der Waals surface area contributed by atoms with E-state index in [9.17, 15) is 4.39 Å². The van der Waals surface area contributed by atoms with Gasteiger partial charge in [-0.25, -0.2) is 4.39 Å². The second-order valence-electron chi connectivity index (χ2n) is 6.50. The molecule has 108 valence electrons. The van der Waals surface area contributed by atoms with Crippen molar-refractivity contribution in [1.29, 1.82) is 5.26 Å². The van der Waals surface area contributed by atoms with E-state index in [2.05, 4.69) is 36.7 Å². The van der Waals surface area contributed by atoms with E-state index < -0.39 is 5.82 Å². The van der Waals surface area contributed by atoms with Gasteiger partial charge in [0.25, 0.3) is 0 Å². The Morgan fingerprint density at radius 2 is 2.10 bits per heavy atom. The molecule has 1 aliphatic rings. The monoisotopic (exact) mass is 339 g/mol. The fourth-order valence-corrected chi connectivity index (χ4v) is 3.65. The lowest BCUT2D eigenvalue weighted by atomic mass is 9.71. The molecule has 20 heavy (non-hydrogen) atoms. The van der Waals surface area contributed by atoms with E-state index >= 15 is 0 Å². The minimum atomic E-state index is -0.486. The fourth-order valence-electron chi connectivity index (χ4n) is 3.24. The van der Waals surface area contributed by atoms with Gasteiger partial charge in [0.1, 0.15) is 6.07 Å². The van der Waals surface area contributed by atoms with Gasteiger partial charge in [-0.3, -0.25) is 0 Å². The van der Waals surface area contributed by atoms with Gasteiger partial charge in [0.15, 0.2) is 11.6 Å². The van der Waals surface area contributed by atoms with Crippen LogP contribution in [-0.4, -0.2) is 6.10 Å². The normalized spacial score (nSPS) is 25.0. The highest BCUT2D eigenvalue weighted by molar-refractivity contribution is 9.10. The second kappa shape index (κ2) is 5.73. The maximum atomic E-state index is 14.2. The predicted molar refractivity (Wildman–Crippen MR) is 80.0 cm³/mol. The van der Waals surface area contributed by atoms with Crippen LogP contribution in [0, 0.1) is 28.5 Å². The van der Waals surface area contributed by atoms with E-state index in [0.717, 1.165) is 12.8 Å². The molecule has 4 heteroatoms. The van der Waals surface area contributed by atoms with Gasteiger partial charge in [-0.05, 0) is 58.7 Å². The number of ether oxygens (including phenoxy) is 1. The summed E-state index contributed by atoms with van der Waals surface area (Å²) in [6.07, 6.45) is 3.07. The summed E-state index contributed by atoms with van der Waals surface area (Å²) in [4.78, 5) is 0. The first-order chi connectivity index (χ1) is 9.32. The Balaban J connectivity index is 2.19. The summed E-state index contributed by atoms with van der Waals surface area (Å²) in [5.74, 6) is 0.319. The van der Waals surface area contributed by atoms with Crippen LogP contribution in [0.5, 0.6) is 5.75 Å². The van der Waals surface area contributed by atoms with Gasteiger partial charge in [-0.1, -0.05) is 20.8 Å². The Hall–Kier alpha value is -1.08. The molecule has 2 unspecified atom stereocenters. The molecule has 0 aliphatic heterocycles. The lowest BCUT2D eigenvalue weighted by Crippen LogP contribution is -2.34. The van der Waals surface area contributed by atoms with Crippen LogP contribution in [0.4, 0.5) is 4.39 Å². The molecule has 1 aromatic rings. The summed E-state index contributed by atoms with van der Waals surface area (Å²) in [6.45, 7) is 6.66. The first-order valence-corrected chi connectivity index (χ1v) is 7.66. The zero-order valence-corrected chi connectivity index (χ0v) is 13.6. The zero-order valence-electron chi connectivity index (χ0n) is 12.0. The Labute approximate surface area is 128 Å². The van der Waals surface area contributed by atoms with Crippen LogP contribution in [0.3, 0.4) is 0 Å². The molecule has 0 bridgehead atoms. The van der Waals surface area contributed by atoms with E-state index in [4.69, 9.17) is 10.00 Å². The van der Waals surface area contributed by atoms with E-state index in [0.29, 0.717) is 5.92 Å². The number of hydrogen-bond acceptors (Lipinski definition) is 2. The Morgan fingerprint density at radius 1 is 1.40 bits per heavy atom. The van der Waals surface area contributed by atoms with Crippen molar-refractivity contribution in [3.05, 3.63) is 28.0 Å². The summed E-state index contributed by atoms with van der Waals surface area (Å²) in [6, 6.07) is 5.07. The minimum absolute atomic E-state index is 0.0306. The lowest BCUT2D eigenvalue weighted by Gasteiger charge is -2.38. The Bertz CT molecular complexity index is 550. The van der Waals surface area contributed by atoms with Crippen LogP contribution >= 0.6 is 15.9 Å². The standard InChI is InChI=1S/C16H19BrFNO/c1-10-6-12(8-16(2,3)7-10)20-13-5-4-11(9-19)14(17)15(13)18/h4-5,10,12H,6-8H2,1-3H3. The van der Waals surface area contributed by atoms with Crippen molar-refractivity contribution in [2.24, 2.45) is 11.3 Å². The number of nitrogens with zero attached hydrogens (tertiary/aromatic N) is 1. The summed E-state index contributed by atoms with van der Waals surface area (Å²) in [5, 5.41) is 8.87. The summed E-state index contributed by atoms with van der Waals surface area (Å²) >= 11 is 3.11. The summed E-state index contributed by atoms with van der Waals surface area (Å²) in [5.41, 5.74) is 0.509. The molecule has 2 atom stereocenters. The highest BCUT2D eigenvalue weighted by Crippen LogP contribution is 2.40. The van der Waals surface area contributed by atoms with Gasteiger partial charge in [-0.15, -0.1) is 0 Å². The third-order valence-corrected chi connectivity index (χ3v) is 4.58. The Kier molecular flexibility index (Phi) is 4.39. The fraction of sp³-hybridized carbons (Fsp3) is 0.562. The molecule has 1 saturated carbocycles. The van der Waals surface area contributed by atoms with Gasteiger partial charge >= 0.3 is 0 Å². The first kappa shape index (κ1) is 15.3. The van der Waals surface area contributed by atoms with Crippen molar-refractivity contribution in [3.63, 3.8) is 0 Å². The van der Waals surface area contributed by atoms with Crippen LogP contribution < -0.4 is 4.74 Å². The quantitative estimate of drug-likeness (QED) is 0.754. The molecule has 1 aliphatic carbocycles. The summed E-state index contributed by atoms with van der Waals surface area (Å²) < 4.78 is 20.2. The van der Waals surface area contributed by atoms with E-state index in [-0.39, 0.29) is 27.3 Å². The largest absolute Gasteiger partial charge is 0.487 e. The molecule has 1 fully saturated rings. The van der Waals surface area contributed by atoms with Crippen LogP contribution in [0.1, 0.15) is 45.6 Å². The van der Waals surface area contributed by atoms with E-state index in [1.54, 1.807) is 12.1 Å². The van der Waals surface area contributed by atoms with Gasteiger partial charge in [0, 0.05) is 0 Å². The van der Waals surface area contributed by atoms with Crippen molar-refractivity contribution in [1.82, 2.24) is 0 Å². The van der Waals surface area contributed by atoms with Crippen LogP contribution in [-0.2, 0) is 0 Å². The number of rotatable bonds is 2. The van der Waals surface area contributed by atoms with Gasteiger partial charge in [-0.2, -0.15) is 5.26 Å². The van der Waals surface area contributed by atoms with Crippen LogP contribution in [0.2, 0.25) is 0 Å². The molecule has 0 radical (unpaired) electrons. The molecule has 0 amide bonds. The van der Waals surface area contributed by atoms with Crippen molar-refractivity contribution in [3.8, 4) is 11.8 Å². The van der Waals surface area contributed by atoms with E-state index in [1.165, 1.54) is 6.42 Å². The average Bonchev–Trinajstić information content (AvgIpc) is 2.33. The highest BCUT2D eigenvalue weighted by atomic mass is 79.9. The minimum Gasteiger partial charge on any atom is -0.487 e. The molecule has 0 heterocycles. The number of benzene rings is 1. The lowest BCUT2D eigenvalue weighted by molar-refractivity contribution is 0.0535. The van der Waals surface area contributed by atoms with Crippen LogP contribution in [0.25, 0.3) is 0 Å². The topological polar surface area (TPSA) is 33.0 Å². The molecule has 0 N–H and O–H groups in total. The number of hydrogen-bond donors (Lipinski definition) is 0. The Morgan fingerprint density at radius 3 is 2.70 bits per heavy atom. The molecule has 0 aromatic heterocycles. The van der Waals surface area contributed by atoms with Crippen molar-refractivity contribution in [2.45, 2.75) is 46.1 Å². The SMILES string of the molecule is CC1CC(Oc2ccc(C#N)c(Br)c2F)CC(C)(C)C1. The zero-order chi connectivity index (χ0) is 14.9. The molecular weight excluding hydrogens is 321 g/mol. The third kappa shape index (κ3) is 3.32. The number of nitriles is 1. The van der Waals surface area contributed by atoms with Crippen molar-refractivity contribution in [2.75, 3.05) is 0 Å². The molecule has 2 nitrogen and oxygen atoms in total. The van der Waals surface area contributed by atoms with Crippen LogP contribution in [0.15, 0.2) is 16.6 Å². The molecular formula is C16H19BrFNO. The van der Waals surface area contributed by atoms with E-state index in [1.807, 2.05) is 6.07 Å². The maximum Gasteiger partial charge on any atom is 0.180 e. The van der Waals surface area contributed by atoms with Crippen molar-refractivity contribution >= 4 is 15.9 Å². The molecule has 2 rings (SSSR count). The van der Waals surface area contributed by atoms with Crippen molar-refractivity contribution < 1.29 is 9.13 Å². The van der Waals surface area contributed by atoms with Gasteiger partial charge in [0.05, 0.1) is 16.1 Å². The first-order valence-electron chi connectivity index (χ1n) is 6.87. The summed E-state index contributed by atoms with van der Waals surface area (Å²) in [7, 11) is 0.